The van der Waals surface area contributed by atoms with Gasteiger partial charge in [0.2, 0.25) is 0 Å². The molecule has 0 unspecified atom stereocenters. The number of aromatic nitrogens is 4. The van der Waals surface area contributed by atoms with Crippen molar-refractivity contribution in [2.24, 2.45) is 0 Å². The number of nitrogens with zero attached hydrogens (tertiary/aromatic N) is 4. The van der Waals surface area contributed by atoms with Crippen molar-refractivity contribution in [3.63, 3.8) is 0 Å². The quantitative estimate of drug-likeness (QED) is 0.480. The normalized spacial score (nSPS) is 10.8. The van der Waals surface area contributed by atoms with E-state index in [-0.39, 0.29) is 5.91 Å². The van der Waals surface area contributed by atoms with Gasteiger partial charge in [-0.05, 0) is 49.6 Å². The van der Waals surface area contributed by atoms with Crippen molar-refractivity contribution in [3.05, 3.63) is 101 Å². The largest absolute Gasteiger partial charge is 0.352 e. The summed E-state index contributed by atoms with van der Waals surface area (Å²) < 4.78 is 2.12. The minimum atomic E-state index is -0.131. The van der Waals surface area contributed by atoms with Gasteiger partial charge in [0.15, 0.2) is 0 Å². The molecule has 1 N–H and O–H groups in total. The van der Waals surface area contributed by atoms with Crippen molar-refractivity contribution in [3.8, 4) is 11.4 Å². The lowest BCUT2D eigenvalue weighted by molar-refractivity contribution is 0.0953. The van der Waals surface area contributed by atoms with Crippen molar-refractivity contribution in [2.45, 2.75) is 33.7 Å². The van der Waals surface area contributed by atoms with E-state index < -0.39 is 0 Å². The number of amides is 1. The molecular weight excluding hydrogens is 398 g/mol. The lowest BCUT2D eigenvalue weighted by Crippen LogP contribution is -2.26. The average Bonchev–Trinajstić information content (AvgIpc) is 3.23. The fourth-order valence-electron chi connectivity index (χ4n) is 3.57. The summed E-state index contributed by atoms with van der Waals surface area (Å²) in [4.78, 5) is 25.8. The lowest BCUT2D eigenvalue weighted by atomic mass is 10.1. The highest BCUT2D eigenvalue weighted by Crippen LogP contribution is 2.19. The van der Waals surface area contributed by atoms with E-state index in [4.69, 9.17) is 0 Å². The van der Waals surface area contributed by atoms with Crippen molar-refractivity contribution < 1.29 is 4.79 Å². The Morgan fingerprint density at radius 3 is 2.44 bits per heavy atom. The topological polar surface area (TPSA) is 72.7 Å². The first-order valence-corrected chi connectivity index (χ1v) is 10.7. The molecule has 1 amide bonds. The lowest BCUT2D eigenvalue weighted by Gasteiger charge is -2.10. The Bertz CT molecular complexity index is 1210. The van der Waals surface area contributed by atoms with Crippen LogP contribution in [0, 0.1) is 20.8 Å². The molecule has 0 bridgehead atoms. The van der Waals surface area contributed by atoms with Crippen LogP contribution in [0.5, 0.6) is 0 Å². The van der Waals surface area contributed by atoms with E-state index in [0.717, 1.165) is 34.8 Å². The summed E-state index contributed by atoms with van der Waals surface area (Å²) in [6.45, 7) is 7.32. The summed E-state index contributed by atoms with van der Waals surface area (Å²) in [5.74, 6) is -0.131. The maximum absolute atomic E-state index is 12.6. The number of carbonyl (C=O) groups excluding carboxylic acids is 1. The molecule has 3 heterocycles. The number of hydrogen-bond donors (Lipinski definition) is 1. The number of benzene rings is 1. The van der Waals surface area contributed by atoms with Crippen molar-refractivity contribution in [2.75, 3.05) is 6.54 Å². The molecule has 6 nitrogen and oxygen atoms in total. The van der Waals surface area contributed by atoms with Gasteiger partial charge in [-0.25, -0.2) is 4.98 Å². The first kappa shape index (κ1) is 21.4. The van der Waals surface area contributed by atoms with Crippen LogP contribution in [0.15, 0.2) is 67.4 Å². The van der Waals surface area contributed by atoms with E-state index in [1.807, 2.05) is 50.8 Å². The third-order valence-electron chi connectivity index (χ3n) is 5.43. The highest BCUT2D eigenvalue weighted by Gasteiger charge is 2.11. The zero-order chi connectivity index (χ0) is 22.5. The van der Waals surface area contributed by atoms with E-state index in [1.54, 1.807) is 6.20 Å². The van der Waals surface area contributed by atoms with Gasteiger partial charge in [-0.3, -0.25) is 14.8 Å². The summed E-state index contributed by atoms with van der Waals surface area (Å²) in [6, 6.07) is 14.3. The highest BCUT2D eigenvalue weighted by atomic mass is 16.1. The summed E-state index contributed by atoms with van der Waals surface area (Å²) in [5.41, 5.74) is 7.72. The second-order valence-corrected chi connectivity index (χ2v) is 8.11. The summed E-state index contributed by atoms with van der Waals surface area (Å²) >= 11 is 0. The first-order chi connectivity index (χ1) is 15.5. The van der Waals surface area contributed by atoms with Crippen LogP contribution in [-0.2, 0) is 13.0 Å². The number of hydrogen-bond acceptors (Lipinski definition) is 4. The molecule has 0 saturated carbocycles. The van der Waals surface area contributed by atoms with Gasteiger partial charge in [-0.2, -0.15) is 0 Å². The Morgan fingerprint density at radius 2 is 1.72 bits per heavy atom. The highest BCUT2D eigenvalue weighted by molar-refractivity contribution is 5.94. The Kier molecular flexibility index (Phi) is 6.40. The fraction of sp³-hybridized carbons (Fsp3) is 0.231. The maximum atomic E-state index is 12.6. The number of carbonyl (C=O) groups is 1. The fourth-order valence-corrected chi connectivity index (χ4v) is 3.57. The average molecular weight is 426 g/mol. The number of rotatable bonds is 7. The SMILES string of the molecule is Cc1ccc(Cn2cncc2CCNC(=O)c2cnc(-c3ccc(C)cn3)c(C)c2)cc1. The molecule has 0 atom stereocenters. The molecule has 0 aliphatic carbocycles. The first-order valence-electron chi connectivity index (χ1n) is 10.7. The third kappa shape index (κ3) is 5.09. The summed E-state index contributed by atoms with van der Waals surface area (Å²) in [6.07, 6.45) is 7.83. The van der Waals surface area contributed by atoms with Crippen LogP contribution in [0.25, 0.3) is 11.4 Å². The minimum absolute atomic E-state index is 0.131. The molecule has 162 valence electrons. The smallest absolute Gasteiger partial charge is 0.252 e. The molecule has 3 aromatic heterocycles. The molecule has 0 aliphatic heterocycles. The van der Waals surface area contributed by atoms with Gasteiger partial charge < -0.3 is 9.88 Å². The Hall–Kier alpha value is -3.80. The maximum Gasteiger partial charge on any atom is 0.252 e. The molecule has 0 radical (unpaired) electrons. The standard InChI is InChI=1S/C26H27N5O/c1-18-4-7-21(8-5-18)16-31-17-27-15-23(31)10-11-28-26(32)22-12-20(3)25(30-14-22)24-9-6-19(2)13-29-24/h4-9,12-15,17H,10-11,16H2,1-3H3,(H,28,32). The molecule has 1 aromatic carbocycles. The molecule has 4 rings (SSSR count). The molecule has 6 heteroatoms. The second-order valence-electron chi connectivity index (χ2n) is 8.11. The number of nitrogens with one attached hydrogen (secondary N) is 1. The van der Waals surface area contributed by atoms with Crippen LogP contribution in [0.1, 0.15) is 38.3 Å². The third-order valence-corrected chi connectivity index (χ3v) is 5.43. The van der Waals surface area contributed by atoms with E-state index >= 15 is 0 Å². The number of imidazole rings is 1. The van der Waals surface area contributed by atoms with E-state index in [0.29, 0.717) is 18.5 Å². The monoisotopic (exact) mass is 425 g/mol. The van der Waals surface area contributed by atoms with Crippen molar-refractivity contribution in [1.29, 1.82) is 0 Å². The number of aryl methyl sites for hydroxylation is 3. The van der Waals surface area contributed by atoms with E-state index in [2.05, 4.69) is 56.0 Å². The van der Waals surface area contributed by atoms with Crippen LogP contribution in [0.2, 0.25) is 0 Å². The Balaban J connectivity index is 1.35. The van der Waals surface area contributed by atoms with Crippen molar-refractivity contribution >= 4 is 5.91 Å². The van der Waals surface area contributed by atoms with Gasteiger partial charge >= 0.3 is 0 Å². The molecule has 32 heavy (non-hydrogen) atoms. The van der Waals surface area contributed by atoms with Crippen LogP contribution >= 0.6 is 0 Å². The zero-order valence-corrected chi connectivity index (χ0v) is 18.7. The predicted octanol–water partition coefficient (Wildman–Crippen LogP) is 4.29. The van der Waals surface area contributed by atoms with Crippen LogP contribution in [-0.4, -0.2) is 32.0 Å². The second kappa shape index (κ2) is 9.56. The van der Waals surface area contributed by atoms with Gasteiger partial charge in [-0.1, -0.05) is 35.9 Å². The Labute approximate surface area is 188 Å². The molecule has 0 spiro atoms. The molecule has 4 aromatic rings. The molecule has 0 fully saturated rings. The predicted molar refractivity (Wildman–Crippen MR) is 125 cm³/mol. The van der Waals surface area contributed by atoms with Gasteiger partial charge in [0.1, 0.15) is 0 Å². The van der Waals surface area contributed by atoms with Gasteiger partial charge in [0, 0.05) is 43.8 Å². The Morgan fingerprint density at radius 1 is 0.938 bits per heavy atom. The van der Waals surface area contributed by atoms with Crippen molar-refractivity contribution in [1.82, 2.24) is 24.8 Å². The summed E-state index contributed by atoms with van der Waals surface area (Å²) in [5, 5.41) is 2.99. The molecular formula is C26H27N5O. The molecule has 0 saturated heterocycles. The van der Waals surface area contributed by atoms with Gasteiger partial charge in [0.25, 0.3) is 5.91 Å². The molecule has 0 aliphatic rings. The van der Waals surface area contributed by atoms with E-state index in [1.165, 1.54) is 11.1 Å². The van der Waals surface area contributed by atoms with Crippen LogP contribution < -0.4 is 5.32 Å². The minimum Gasteiger partial charge on any atom is -0.352 e. The van der Waals surface area contributed by atoms with Gasteiger partial charge in [0.05, 0.1) is 23.3 Å². The van der Waals surface area contributed by atoms with Crippen LogP contribution in [0.3, 0.4) is 0 Å². The van der Waals surface area contributed by atoms with Gasteiger partial charge in [-0.15, -0.1) is 0 Å². The zero-order valence-electron chi connectivity index (χ0n) is 18.7. The number of pyridine rings is 2. The van der Waals surface area contributed by atoms with Crippen LogP contribution in [0.4, 0.5) is 0 Å². The van der Waals surface area contributed by atoms with E-state index in [9.17, 15) is 4.79 Å². The summed E-state index contributed by atoms with van der Waals surface area (Å²) in [7, 11) is 0.